The van der Waals surface area contributed by atoms with Gasteiger partial charge in [0, 0.05) is 0 Å². The Hall–Kier alpha value is 0. The molecule has 0 heterocycles. The van der Waals surface area contributed by atoms with Crippen molar-refractivity contribution in [1.82, 2.24) is 0 Å². The molecule has 0 aromatic carbocycles. The summed E-state index contributed by atoms with van der Waals surface area (Å²) in [6.45, 7) is 0. The van der Waals surface area contributed by atoms with Gasteiger partial charge in [0.15, 0.2) is 0 Å². The first kappa shape index (κ1) is 25.4. The van der Waals surface area contributed by atoms with E-state index in [1.54, 1.807) is 25.7 Å². The summed E-state index contributed by atoms with van der Waals surface area (Å²) in [7, 11) is 0. The molecule has 37 rings (SSSR count). The van der Waals surface area contributed by atoms with Crippen molar-refractivity contribution in [2.45, 2.75) is 154 Å². The largest absolute Gasteiger partial charge is 0.0490 e. The molecular formula is C64H56. The fourth-order valence-electron chi connectivity index (χ4n) is 61.2. The summed E-state index contributed by atoms with van der Waals surface area (Å²) in [5.41, 5.74) is 31.8. The summed E-state index contributed by atoms with van der Waals surface area (Å²) >= 11 is 0. The van der Waals surface area contributed by atoms with Crippen LogP contribution in [0.15, 0.2) is 0 Å². The molecule has 40 unspecified atom stereocenters. The van der Waals surface area contributed by atoms with Gasteiger partial charge in [0.1, 0.15) is 0 Å². The first-order valence-electron chi connectivity index (χ1n) is 31.1. The zero-order valence-electron chi connectivity index (χ0n) is 37.6. The molecule has 37 aliphatic rings. The molecule has 32 spiro atoms. The monoisotopic (exact) mass is 824 g/mol. The highest BCUT2D eigenvalue weighted by atomic mass is 15.5. The molecule has 0 N–H and O–H groups in total. The van der Waals surface area contributed by atoms with Gasteiger partial charge >= 0.3 is 0 Å². The second-order valence-corrected chi connectivity index (χ2v) is 40.1. The molecule has 0 nitrogen and oxygen atoms in total. The highest BCUT2D eigenvalue weighted by Gasteiger charge is 3.48. The van der Waals surface area contributed by atoms with Crippen LogP contribution in [-0.2, 0) is 0 Å². The van der Waals surface area contributed by atoms with Crippen LogP contribution < -0.4 is 0 Å². The minimum absolute atomic E-state index is 0.974. The minimum Gasteiger partial charge on any atom is -0.0490 e. The van der Waals surface area contributed by atoms with E-state index in [1.807, 2.05) is 128 Å². The fourth-order valence-corrected chi connectivity index (χ4v) is 61.2. The number of hydrogen-bond donors (Lipinski definition) is 0. The Balaban J connectivity index is 0.510. The van der Waals surface area contributed by atoms with E-state index >= 15 is 0 Å². The van der Waals surface area contributed by atoms with Crippen molar-refractivity contribution >= 4 is 0 Å². The van der Waals surface area contributed by atoms with Crippen molar-refractivity contribution < 1.29 is 0 Å². The van der Waals surface area contributed by atoms with E-state index in [9.17, 15) is 0 Å². The highest BCUT2D eigenvalue weighted by Crippen LogP contribution is 3.51. The molecule has 0 saturated heterocycles. The average Bonchev–Trinajstić information content (AvgIpc) is 3.08. The van der Waals surface area contributed by atoms with Crippen LogP contribution in [0, 0.1) is 221 Å². The lowest BCUT2D eigenvalue weighted by Gasteiger charge is -3.46. The van der Waals surface area contributed by atoms with E-state index in [1.165, 1.54) is 47.3 Å². The number of rotatable bonds is 0. The molecule has 0 heteroatoms. The normalized spacial score (nSPS) is 118. The zero-order chi connectivity index (χ0) is 37.6. The Morgan fingerprint density at radius 3 is 0.875 bits per heavy atom. The van der Waals surface area contributed by atoms with Crippen molar-refractivity contribution in [1.29, 1.82) is 0 Å². The number of fused-ring (bicyclic) bond motifs is 2. The molecule has 37 aliphatic carbocycles. The fraction of sp³-hybridized carbons (Fsp3) is 1.00. The second kappa shape index (κ2) is 4.20. The summed E-state index contributed by atoms with van der Waals surface area (Å²) in [4.78, 5) is 0. The summed E-state index contributed by atoms with van der Waals surface area (Å²) in [6, 6.07) is 0. The van der Waals surface area contributed by atoms with Crippen molar-refractivity contribution in [3.8, 4) is 0 Å². The second-order valence-electron chi connectivity index (χ2n) is 40.1. The van der Waals surface area contributed by atoms with Gasteiger partial charge in [-0.05, 0) is 375 Å². The van der Waals surface area contributed by atoms with Crippen molar-refractivity contribution in [3.05, 3.63) is 0 Å². The Kier molecular flexibility index (Phi) is 1.67. The Labute approximate surface area is 373 Å². The third-order valence-electron chi connectivity index (χ3n) is 50.2. The maximum atomic E-state index is 1.93. The van der Waals surface area contributed by atoms with E-state index < -0.39 is 0 Å². The van der Waals surface area contributed by atoms with Crippen LogP contribution in [0.1, 0.15) is 154 Å². The molecule has 37 fully saturated rings. The van der Waals surface area contributed by atoms with Crippen LogP contribution in [0.5, 0.6) is 0 Å². The molecule has 40 atom stereocenters. The van der Waals surface area contributed by atoms with E-state index in [2.05, 4.69) is 0 Å². The van der Waals surface area contributed by atoms with Crippen LogP contribution in [0.2, 0.25) is 0 Å². The zero-order valence-corrected chi connectivity index (χ0v) is 37.6. The van der Waals surface area contributed by atoms with Gasteiger partial charge in [-0.25, -0.2) is 0 Å². The number of hydrogen-bond acceptors (Lipinski definition) is 0. The molecule has 0 amide bonds. The van der Waals surface area contributed by atoms with Crippen LogP contribution in [0.4, 0.5) is 0 Å². The maximum Gasteiger partial charge on any atom is -0.00438 e. The summed E-state index contributed by atoms with van der Waals surface area (Å²) in [5, 5.41) is 0. The van der Waals surface area contributed by atoms with Crippen molar-refractivity contribution in [3.63, 3.8) is 0 Å². The molecule has 64 heavy (non-hydrogen) atoms. The van der Waals surface area contributed by atoms with E-state index in [4.69, 9.17) is 0 Å². The maximum absolute atomic E-state index is 1.93. The van der Waals surface area contributed by atoms with Gasteiger partial charge < -0.3 is 0 Å². The quantitative estimate of drug-likeness (QED) is 0.228. The van der Waals surface area contributed by atoms with E-state index in [0.717, 1.165) is 173 Å². The first-order chi connectivity index (χ1) is 31.1. The van der Waals surface area contributed by atoms with Gasteiger partial charge in [0.2, 0.25) is 0 Å². The van der Waals surface area contributed by atoms with Gasteiger partial charge in [-0.2, -0.15) is 0 Å². The lowest BCUT2D eigenvalue weighted by molar-refractivity contribution is -1.000. The van der Waals surface area contributed by atoms with E-state index in [0.29, 0.717) is 0 Å². The Morgan fingerprint density at radius 2 is 0.516 bits per heavy atom. The van der Waals surface area contributed by atoms with Crippen LogP contribution in [0.3, 0.4) is 0 Å². The third kappa shape index (κ3) is 0.720. The van der Waals surface area contributed by atoms with Crippen LogP contribution in [0.25, 0.3) is 0 Å². The van der Waals surface area contributed by atoms with Crippen molar-refractivity contribution in [2.75, 3.05) is 0 Å². The Bertz CT molecular complexity index is 3730. The standard InChI is InChI=1S/C64H56/c1-3-33-11-41-18-46-22-50-31-10-40-17-45-20-47-23-51-30-7-37-13-36-6-28-26-2-4-34(26)12-42(54(28,34)36)21-49(61(36,37)42)29-8-39(56(29,51)55(30,37)49)16-44(63(39,47)51)19-48(60(44,45)47)24-52(64(40,45)48)32-9-38(57(32,50)58(31,40)52)15-43(62(38,46)50)14-35(59(41,43)46)5-27(25(1)33)53(33,35)41/h25-32H,1-24H2. The third-order valence-corrected chi connectivity index (χ3v) is 50.2. The van der Waals surface area contributed by atoms with Gasteiger partial charge in [-0.1, -0.05) is 0 Å². The minimum atomic E-state index is 0.974. The summed E-state index contributed by atoms with van der Waals surface area (Å²) in [5.74, 6) is 10.4. The SMILES string of the molecule is C1CC23CC45CC67CC89C%10CC%11%12CC%13%14CC%15%16CC%17%18C%19CC%20%21CC%22%23CC%24C%25CCC%25%26CC%25(CC%27(C%28CC%29(CC%30(CC%31(CC%32(C%33CC%34(CC%35(CC%36(CC(C12)C3%364)C5%356)C%3478)C%339C%10%11%32)C%12%13%31)C%30%15%14)C%29%16%17)C%28%18C%19%20%27)C%22%25%21)C%24%26%23. The predicted octanol–water partition coefficient (Wildman–Crippen LogP) is 10.3. The van der Waals surface area contributed by atoms with E-state index in [-0.39, 0.29) is 0 Å². The topological polar surface area (TPSA) is 0 Å². The van der Waals surface area contributed by atoms with Gasteiger partial charge in [0.25, 0.3) is 0 Å². The summed E-state index contributed by atoms with van der Waals surface area (Å²) in [6.07, 6.45) is 44.4. The lowest BCUT2D eigenvalue weighted by atomic mass is 8.57. The Morgan fingerprint density at radius 1 is 0.219 bits per heavy atom. The van der Waals surface area contributed by atoms with Gasteiger partial charge in [-0.15, -0.1) is 0 Å². The van der Waals surface area contributed by atoms with Crippen molar-refractivity contribution in [2.24, 2.45) is 221 Å². The molecule has 0 bridgehead atoms. The molecule has 37 saturated carbocycles. The molecule has 0 radical (unpaired) electrons. The van der Waals surface area contributed by atoms with Crippen LogP contribution >= 0.6 is 0 Å². The molecule has 0 aromatic rings. The summed E-state index contributed by atoms with van der Waals surface area (Å²) < 4.78 is 0. The highest BCUT2D eigenvalue weighted by molar-refractivity contribution is 5.93. The molecular weight excluding hydrogens is 769 g/mol. The van der Waals surface area contributed by atoms with Gasteiger partial charge in [-0.3, -0.25) is 0 Å². The lowest BCUT2D eigenvalue weighted by Crippen LogP contribution is -3.42. The predicted molar refractivity (Wildman–Crippen MR) is 217 cm³/mol. The molecule has 0 aromatic heterocycles. The van der Waals surface area contributed by atoms with Gasteiger partial charge in [0.05, 0.1) is 0 Å². The van der Waals surface area contributed by atoms with Crippen LogP contribution in [-0.4, -0.2) is 0 Å². The molecule has 0 aliphatic heterocycles. The molecule has 312 valence electrons. The average molecular weight is 825 g/mol. The first-order valence-corrected chi connectivity index (χ1v) is 31.1. The smallest absolute Gasteiger partial charge is 0.00438 e.